The number of Topliss-reactive ketones (excluding diaryl/α,β-unsaturated/α-hetero) is 1. The average Bonchev–Trinajstić information content (AvgIpc) is 2.74. The van der Waals surface area contributed by atoms with E-state index in [0.29, 0.717) is 0 Å². The van der Waals surface area contributed by atoms with Crippen molar-refractivity contribution in [3.63, 3.8) is 0 Å². The maximum atomic E-state index is 13.2. The molecule has 0 radical (unpaired) electrons. The molecule has 0 saturated carbocycles. The Morgan fingerprint density at radius 2 is 2.19 bits per heavy atom. The van der Waals surface area contributed by atoms with Gasteiger partial charge in [-0.25, -0.2) is 8.78 Å². The molecule has 1 aromatic heterocycles. The molecule has 0 saturated heterocycles. The molecular weight excluding hydrogens is 214 g/mol. The summed E-state index contributed by atoms with van der Waals surface area (Å²) in [5.74, 6) is -1.87. The van der Waals surface area contributed by atoms with Crippen molar-refractivity contribution in [2.45, 2.75) is 6.54 Å². The molecular formula is C11H8F2N2O. The maximum absolute atomic E-state index is 13.2. The molecule has 1 heterocycles. The third kappa shape index (κ3) is 2.13. The lowest BCUT2D eigenvalue weighted by atomic mass is 10.1. The Balaban J connectivity index is 2.24. The molecule has 2 aromatic rings. The molecule has 3 nitrogen and oxygen atoms in total. The minimum Gasteiger partial charge on any atom is -0.292 e. The molecule has 0 unspecified atom stereocenters. The second-order valence-electron chi connectivity index (χ2n) is 3.25. The van der Waals surface area contributed by atoms with Crippen LogP contribution in [0.3, 0.4) is 0 Å². The van der Waals surface area contributed by atoms with Crippen molar-refractivity contribution < 1.29 is 13.6 Å². The van der Waals surface area contributed by atoms with Crippen molar-refractivity contribution in [1.82, 2.24) is 9.78 Å². The zero-order valence-electron chi connectivity index (χ0n) is 8.23. The standard InChI is InChI=1S/C11H8F2N2O/c12-8-2-3-10(13)9(6-8)11(16)7-15-5-1-4-14-15/h1-6H,7H2. The lowest BCUT2D eigenvalue weighted by Crippen LogP contribution is -2.12. The summed E-state index contributed by atoms with van der Waals surface area (Å²) < 4.78 is 27.4. The van der Waals surface area contributed by atoms with Gasteiger partial charge in [-0.15, -0.1) is 0 Å². The Morgan fingerprint density at radius 1 is 1.38 bits per heavy atom. The SMILES string of the molecule is O=C(Cn1cccn1)c1cc(F)ccc1F. The van der Waals surface area contributed by atoms with E-state index in [0.717, 1.165) is 18.2 Å². The van der Waals surface area contributed by atoms with Crippen LogP contribution in [0.4, 0.5) is 8.78 Å². The van der Waals surface area contributed by atoms with Crippen LogP contribution in [-0.4, -0.2) is 15.6 Å². The summed E-state index contributed by atoms with van der Waals surface area (Å²) in [5.41, 5.74) is -0.254. The zero-order valence-corrected chi connectivity index (χ0v) is 8.23. The smallest absolute Gasteiger partial charge is 0.187 e. The number of carbonyl (C=O) groups is 1. The molecule has 0 amide bonds. The monoisotopic (exact) mass is 222 g/mol. The van der Waals surface area contributed by atoms with Crippen molar-refractivity contribution in [2.75, 3.05) is 0 Å². The van der Waals surface area contributed by atoms with Gasteiger partial charge in [0, 0.05) is 12.4 Å². The number of benzene rings is 1. The Hall–Kier alpha value is -2.04. The summed E-state index contributed by atoms with van der Waals surface area (Å²) >= 11 is 0. The van der Waals surface area contributed by atoms with E-state index in [4.69, 9.17) is 0 Å². The third-order valence-corrected chi connectivity index (χ3v) is 2.09. The van der Waals surface area contributed by atoms with E-state index in [9.17, 15) is 13.6 Å². The van der Waals surface area contributed by atoms with Crippen molar-refractivity contribution in [3.8, 4) is 0 Å². The number of rotatable bonds is 3. The first-order valence-corrected chi connectivity index (χ1v) is 4.62. The molecule has 0 bridgehead atoms. The normalized spacial score (nSPS) is 10.4. The van der Waals surface area contributed by atoms with Crippen LogP contribution in [0.2, 0.25) is 0 Å². The highest BCUT2D eigenvalue weighted by molar-refractivity contribution is 5.96. The number of halogens is 2. The van der Waals surface area contributed by atoms with Gasteiger partial charge in [-0.3, -0.25) is 9.48 Å². The Labute approximate surface area is 90.3 Å². The quantitative estimate of drug-likeness (QED) is 0.745. The van der Waals surface area contributed by atoms with Gasteiger partial charge < -0.3 is 0 Å². The van der Waals surface area contributed by atoms with Crippen LogP contribution in [0.15, 0.2) is 36.7 Å². The van der Waals surface area contributed by atoms with Gasteiger partial charge in [0.25, 0.3) is 0 Å². The summed E-state index contributed by atoms with van der Waals surface area (Å²) in [4.78, 5) is 11.6. The summed E-state index contributed by atoms with van der Waals surface area (Å²) in [6, 6.07) is 4.45. The van der Waals surface area contributed by atoms with Crippen molar-refractivity contribution >= 4 is 5.78 Å². The van der Waals surface area contributed by atoms with Crippen molar-refractivity contribution in [1.29, 1.82) is 0 Å². The Bertz CT molecular complexity index is 509. The van der Waals surface area contributed by atoms with Crippen LogP contribution in [0, 0.1) is 11.6 Å². The summed E-state index contributed by atoms with van der Waals surface area (Å²) in [6.07, 6.45) is 3.09. The van der Waals surface area contributed by atoms with E-state index in [2.05, 4.69) is 5.10 Å². The number of aromatic nitrogens is 2. The van der Waals surface area contributed by atoms with Gasteiger partial charge in [0.2, 0.25) is 0 Å². The third-order valence-electron chi connectivity index (χ3n) is 2.09. The summed E-state index contributed by atoms with van der Waals surface area (Å²) in [5, 5.41) is 3.81. The molecule has 0 spiro atoms. The molecule has 0 N–H and O–H groups in total. The van der Waals surface area contributed by atoms with Gasteiger partial charge in [0.05, 0.1) is 5.56 Å². The number of ketones is 1. The predicted octanol–water partition coefficient (Wildman–Crippen LogP) is 2.04. The molecule has 0 fully saturated rings. The lowest BCUT2D eigenvalue weighted by Gasteiger charge is -2.03. The number of hydrogen-bond donors (Lipinski definition) is 0. The maximum Gasteiger partial charge on any atom is 0.187 e. The predicted molar refractivity (Wildman–Crippen MR) is 52.9 cm³/mol. The van der Waals surface area contributed by atoms with Crippen molar-refractivity contribution in [3.05, 3.63) is 53.9 Å². The number of nitrogens with zero attached hydrogens (tertiary/aromatic N) is 2. The van der Waals surface area contributed by atoms with E-state index in [1.807, 2.05) is 0 Å². The minimum absolute atomic E-state index is 0.104. The second kappa shape index (κ2) is 4.22. The topological polar surface area (TPSA) is 34.9 Å². The van der Waals surface area contributed by atoms with E-state index >= 15 is 0 Å². The Morgan fingerprint density at radius 3 is 2.88 bits per heavy atom. The number of hydrogen-bond acceptors (Lipinski definition) is 2. The Kier molecular flexibility index (Phi) is 2.76. The van der Waals surface area contributed by atoms with Crippen LogP contribution < -0.4 is 0 Å². The van der Waals surface area contributed by atoms with Crippen LogP contribution in [0.25, 0.3) is 0 Å². The van der Waals surface area contributed by atoms with E-state index < -0.39 is 17.4 Å². The summed E-state index contributed by atoms with van der Waals surface area (Å²) in [6.45, 7) is -0.104. The average molecular weight is 222 g/mol. The summed E-state index contributed by atoms with van der Waals surface area (Å²) in [7, 11) is 0. The molecule has 16 heavy (non-hydrogen) atoms. The van der Waals surface area contributed by atoms with Crippen LogP contribution in [0.1, 0.15) is 10.4 Å². The molecule has 2 rings (SSSR count). The molecule has 82 valence electrons. The fourth-order valence-corrected chi connectivity index (χ4v) is 1.34. The fourth-order valence-electron chi connectivity index (χ4n) is 1.34. The van der Waals surface area contributed by atoms with E-state index in [1.54, 1.807) is 12.3 Å². The number of carbonyl (C=O) groups excluding carboxylic acids is 1. The van der Waals surface area contributed by atoms with Gasteiger partial charge >= 0.3 is 0 Å². The molecule has 0 aliphatic rings. The largest absolute Gasteiger partial charge is 0.292 e. The van der Waals surface area contributed by atoms with Crippen LogP contribution in [-0.2, 0) is 6.54 Å². The zero-order chi connectivity index (χ0) is 11.5. The molecule has 0 atom stereocenters. The first kappa shape index (κ1) is 10.5. The molecule has 0 aliphatic heterocycles. The van der Waals surface area contributed by atoms with Gasteiger partial charge in [-0.1, -0.05) is 0 Å². The highest BCUT2D eigenvalue weighted by Crippen LogP contribution is 2.11. The van der Waals surface area contributed by atoms with Gasteiger partial charge in [0.1, 0.15) is 18.2 Å². The lowest BCUT2D eigenvalue weighted by molar-refractivity contribution is 0.0963. The fraction of sp³-hybridized carbons (Fsp3) is 0.0909. The first-order valence-electron chi connectivity index (χ1n) is 4.62. The van der Waals surface area contributed by atoms with E-state index in [-0.39, 0.29) is 12.1 Å². The molecule has 1 aromatic carbocycles. The molecule has 5 heteroatoms. The minimum atomic E-state index is -0.724. The van der Waals surface area contributed by atoms with Crippen LogP contribution >= 0.6 is 0 Å². The van der Waals surface area contributed by atoms with Gasteiger partial charge in [-0.05, 0) is 24.3 Å². The van der Waals surface area contributed by atoms with E-state index in [1.165, 1.54) is 10.9 Å². The van der Waals surface area contributed by atoms with Gasteiger partial charge in [0.15, 0.2) is 5.78 Å². The second-order valence-corrected chi connectivity index (χ2v) is 3.25. The first-order chi connectivity index (χ1) is 7.66. The highest BCUT2D eigenvalue weighted by atomic mass is 19.1. The van der Waals surface area contributed by atoms with Crippen molar-refractivity contribution in [2.24, 2.45) is 0 Å². The van der Waals surface area contributed by atoms with Crippen LogP contribution in [0.5, 0.6) is 0 Å². The highest BCUT2D eigenvalue weighted by Gasteiger charge is 2.13. The van der Waals surface area contributed by atoms with Gasteiger partial charge in [-0.2, -0.15) is 5.10 Å². The molecule has 0 aliphatic carbocycles.